The third-order valence-electron chi connectivity index (χ3n) is 2.66. The molecule has 1 heterocycles. The van der Waals surface area contributed by atoms with Crippen LogP contribution in [0.15, 0.2) is 36.5 Å². The summed E-state index contributed by atoms with van der Waals surface area (Å²) in [5.74, 6) is -0.304. The highest BCUT2D eigenvalue weighted by molar-refractivity contribution is 5.79. The Kier molecular flexibility index (Phi) is 8.28. The molecule has 0 unspecified atom stereocenters. The van der Waals surface area contributed by atoms with E-state index in [0.29, 0.717) is 19.6 Å². The number of rotatable bonds is 0. The molecule has 3 N–H and O–H groups in total. The quantitative estimate of drug-likeness (QED) is 0.557. The molecule has 0 saturated heterocycles. The first-order valence-electron chi connectivity index (χ1n) is 6.93. The van der Waals surface area contributed by atoms with Crippen molar-refractivity contribution in [3.63, 3.8) is 0 Å². The fraction of sp³-hybridized carbons (Fsp3) is 0.400. The molecule has 0 saturated carbocycles. The van der Waals surface area contributed by atoms with Crippen LogP contribution in [0, 0.1) is 0 Å². The molecule has 0 aliphatic carbocycles. The second-order valence-corrected chi connectivity index (χ2v) is 4.44. The van der Waals surface area contributed by atoms with Crippen LogP contribution < -0.4 is 16.0 Å². The average Bonchev–Trinajstić information content (AvgIpc) is 2.45. The van der Waals surface area contributed by atoms with Crippen molar-refractivity contribution in [2.24, 2.45) is 0 Å². The molecule has 6 nitrogen and oxygen atoms in total. The lowest BCUT2D eigenvalue weighted by atomic mass is 10.3. The summed E-state index contributed by atoms with van der Waals surface area (Å²) in [4.78, 5) is 34.3. The van der Waals surface area contributed by atoms with Gasteiger partial charge in [-0.2, -0.15) is 0 Å². The smallest absolute Gasteiger partial charge is 0.224 e. The van der Waals surface area contributed by atoms with Gasteiger partial charge >= 0.3 is 0 Å². The Bertz CT molecular complexity index is 387. The minimum absolute atomic E-state index is 0.101. The molecule has 114 valence electrons. The largest absolute Gasteiger partial charge is 0.352 e. The zero-order valence-corrected chi connectivity index (χ0v) is 11.9. The zero-order valence-electron chi connectivity index (χ0n) is 11.9. The van der Waals surface area contributed by atoms with Gasteiger partial charge in [-0.1, -0.05) is 36.5 Å². The Morgan fingerprint density at radius 2 is 0.810 bits per heavy atom. The molecule has 0 fully saturated rings. The van der Waals surface area contributed by atoms with Gasteiger partial charge in [0.1, 0.15) is 0 Å². The van der Waals surface area contributed by atoms with Crippen LogP contribution in [0.4, 0.5) is 0 Å². The van der Waals surface area contributed by atoms with Crippen molar-refractivity contribution in [1.29, 1.82) is 0 Å². The minimum Gasteiger partial charge on any atom is -0.352 e. The highest BCUT2D eigenvalue weighted by atomic mass is 16.2. The maximum Gasteiger partial charge on any atom is 0.224 e. The number of hydrogen-bond acceptors (Lipinski definition) is 3. The molecule has 0 bridgehead atoms. The summed E-state index contributed by atoms with van der Waals surface area (Å²) in [7, 11) is 0. The standard InChI is InChI=1S/C15H21N3O3/c19-13-7-1-4-10-16-14(20)8-3-6-12-18-15(21)9-2-5-11-17-13/h1-6H,7-12H2,(H,16,20)(H,17,19)(H,18,21)/b4-1+,5-2+,6-3+. The van der Waals surface area contributed by atoms with Crippen LogP contribution in [-0.2, 0) is 14.4 Å². The molecule has 21 heavy (non-hydrogen) atoms. The summed E-state index contributed by atoms with van der Waals surface area (Å²) >= 11 is 0. The molecule has 0 spiro atoms. The maximum absolute atomic E-state index is 11.4. The lowest BCUT2D eigenvalue weighted by Crippen LogP contribution is -2.24. The molecule has 0 aromatic heterocycles. The van der Waals surface area contributed by atoms with E-state index in [2.05, 4.69) is 16.0 Å². The van der Waals surface area contributed by atoms with Gasteiger partial charge in [-0.25, -0.2) is 0 Å². The number of nitrogens with one attached hydrogen (secondary N) is 3. The van der Waals surface area contributed by atoms with E-state index in [-0.39, 0.29) is 37.0 Å². The summed E-state index contributed by atoms with van der Waals surface area (Å²) < 4.78 is 0. The van der Waals surface area contributed by atoms with Crippen LogP contribution in [0.3, 0.4) is 0 Å². The van der Waals surface area contributed by atoms with Crippen LogP contribution in [0.25, 0.3) is 0 Å². The lowest BCUT2D eigenvalue weighted by molar-refractivity contribution is -0.120. The number of amides is 3. The van der Waals surface area contributed by atoms with Crippen LogP contribution in [0.1, 0.15) is 19.3 Å². The van der Waals surface area contributed by atoms with Crippen molar-refractivity contribution < 1.29 is 14.4 Å². The Balaban J connectivity index is 2.49. The molecular weight excluding hydrogens is 270 g/mol. The molecule has 3 amide bonds. The molecule has 6 heteroatoms. The normalized spacial score (nSPS) is 23.7. The highest BCUT2D eigenvalue weighted by Crippen LogP contribution is 1.88. The molecule has 0 aromatic carbocycles. The monoisotopic (exact) mass is 291 g/mol. The van der Waals surface area contributed by atoms with E-state index in [1.807, 2.05) is 0 Å². The molecule has 1 aliphatic heterocycles. The van der Waals surface area contributed by atoms with Gasteiger partial charge < -0.3 is 16.0 Å². The van der Waals surface area contributed by atoms with Gasteiger partial charge in [0, 0.05) is 38.9 Å². The van der Waals surface area contributed by atoms with E-state index in [4.69, 9.17) is 0 Å². The average molecular weight is 291 g/mol. The van der Waals surface area contributed by atoms with E-state index < -0.39 is 0 Å². The van der Waals surface area contributed by atoms with E-state index in [0.717, 1.165) is 0 Å². The van der Waals surface area contributed by atoms with E-state index in [1.165, 1.54) is 0 Å². The van der Waals surface area contributed by atoms with Gasteiger partial charge in [0.25, 0.3) is 0 Å². The molecule has 1 aliphatic rings. The summed E-state index contributed by atoms with van der Waals surface area (Å²) in [5, 5.41) is 8.11. The number of carbonyl (C=O) groups is 3. The summed E-state index contributed by atoms with van der Waals surface area (Å²) in [6.45, 7) is 1.20. The first-order valence-corrected chi connectivity index (χ1v) is 6.93. The molecule has 1 rings (SSSR count). The molecule has 0 atom stereocenters. The predicted octanol–water partition coefficient (Wildman–Crippen LogP) is 0.187. The topological polar surface area (TPSA) is 87.3 Å². The summed E-state index contributed by atoms with van der Waals surface area (Å²) in [6, 6.07) is 0. The van der Waals surface area contributed by atoms with Crippen LogP contribution in [0.5, 0.6) is 0 Å². The fourth-order valence-corrected chi connectivity index (χ4v) is 1.56. The van der Waals surface area contributed by atoms with Crippen LogP contribution in [0.2, 0.25) is 0 Å². The van der Waals surface area contributed by atoms with E-state index >= 15 is 0 Å². The van der Waals surface area contributed by atoms with Crippen molar-refractivity contribution in [3.05, 3.63) is 36.5 Å². The SMILES string of the molecule is O=C1C/C=C/CNC(=O)C/C=C/CNC(=O)C/C=C/CN1. The van der Waals surface area contributed by atoms with Crippen molar-refractivity contribution in [2.75, 3.05) is 19.6 Å². The third-order valence-corrected chi connectivity index (χ3v) is 2.66. The minimum atomic E-state index is -0.101. The highest BCUT2D eigenvalue weighted by Gasteiger charge is 1.98. The van der Waals surface area contributed by atoms with Gasteiger partial charge in [-0.05, 0) is 0 Å². The van der Waals surface area contributed by atoms with Gasteiger partial charge in [0.2, 0.25) is 17.7 Å². The van der Waals surface area contributed by atoms with Gasteiger partial charge in [0.15, 0.2) is 0 Å². The van der Waals surface area contributed by atoms with E-state index in [1.54, 1.807) is 36.5 Å². The molecular formula is C15H21N3O3. The van der Waals surface area contributed by atoms with Gasteiger partial charge in [0.05, 0.1) is 0 Å². The van der Waals surface area contributed by atoms with Crippen molar-refractivity contribution in [3.8, 4) is 0 Å². The van der Waals surface area contributed by atoms with Crippen molar-refractivity contribution in [1.82, 2.24) is 16.0 Å². The third kappa shape index (κ3) is 9.21. The number of hydrogen-bond donors (Lipinski definition) is 3. The molecule has 0 radical (unpaired) electrons. The maximum atomic E-state index is 11.4. The Morgan fingerprint density at radius 3 is 1.10 bits per heavy atom. The first-order chi connectivity index (χ1) is 10.2. The Morgan fingerprint density at radius 1 is 0.524 bits per heavy atom. The van der Waals surface area contributed by atoms with Crippen molar-refractivity contribution in [2.45, 2.75) is 19.3 Å². The summed E-state index contributed by atoms with van der Waals surface area (Å²) in [5.41, 5.74) is 0. The summed E-state index contributed by atoms with van der Waals surface area (Å²) in [6.07, 6.45) is 11.2. The Hall–Kier alpha value is -2.37. The van der Waals surface area contributed by atoms with Crippen LogP contribution in [-0.4, -0.2) is 37.4 Å². The number of carbonyl (C=O) groups excluding carboxylic acids is 3. The molecule has 0 aromatic rings. The predicted molar refractivity (Wildman–Crippen MR) is 80.3 cm³/mol. The lowest BCUT2D eigenvalue weighted by Gasteiger charge is -2.02. The second kappa shape index (κ2) is 10.4. The Labute approximate surface area is 124 Å². The second-order valence-electron chi connectivity index (χ2n) is 4.44. The zero-order chi connectivity index (χ0) is 15.3. The van der Waals surface area contributed by atoms with E-state index in [9.17, 15) is 14.4 Å². The first kappa shape index (κ1) is 16.7. The van der Waals surface area contributed by atoms with Gasteiger partial charge in [-0.3, -0.25) is 14.4 Å². The fourth-order valence-electron chi connectivity index (χ4n) is 1.56. The van der Waals surface area contributed by atoms with Gasteiger partial charge in [-0.15, -0.1) is 0 Å². The van der Waals surface area contributed by atoms with Crippen molar-refractivity contribution >= 4 is 17.7 Å². The van der Waals surface area contributed by atoms with Crippen LogP contribution >= 0.6 is 0 Å².